The summed E-state index contributed by atoms with van der Waals surface area (Å²) in [6.45, 7) is 0.140. The maximum atomic E-state index is 11.6. The van der Waals surface area contributed by atoms with Gasteiger partial charge in [-0.2, -0.15) is 0 Å². The van der Waals surface area contributed by atoms with Gasteiger partial charge in [-0.1, -0.05) is 0 Å². The Kier molecular flexibility index (Phi) is 2.77. The molecule has 3 aliphatic rings. The normalized spacial score (nSPS) is 41.0. The van der Waals surface area contributed by atoms with Crippen LogP contribution in [-0.2, 0) is 9.53 Å². The topological polar surface area (TPSA) is 46.5 Å². The third kappa shape index (κ3) is 1.44. The summed E-state index contributed by atoms with van der Waals surface area (Å²) in [7, 11) is 1.44. The van der Waals surface area contributed by atoms with E-state index in [0.29, 0.717) is 11.8 Å². The zero-order valence-corrected chi connectivity index (χ0v) is 8.61. The van der Waals surface area contributed by atoms with Crippen molar-refractivity contribution in [1.82, 2.24) is 0 Å². The lowest BCUT2D eigenvalue weighted by atomic mass is 9.59. The summed E-state index contributed by atoms with van der Waals surface area (Å²) >= 11 is 0. The molecular weight excluding hydrogens is 180 g/mol. The van der Waals surface area contributed by atoms with E-state index >= 15 is 0 Å². The van der Waals surface area contributed by atoms with Gasteiger partial charge in [0, 0.05) is 6.61 Å². The van der Waals surface area contributed by atoms with E-state index < -0.39 is 0 Å². The Hall–Kier alpha value is -0.570. The Morgan fingerprint density at radius 2 is 1.86 bits per heavy atom. The number of hydrogen-bond donors (Lipinski definition) is 1. The second-order valence-corrected chi connectivity index (χ2v) is 4.57. The molecule has 3 heteroatoms. The fraction of sp³-hybridized carbons (Fsp3) is 0.909. The van der Waals surface area contributed by atoms with Crippen LogP contribution in [0.2, 0.25) is 0 Å². The first kappa shape index (κ1) is 9.97. The molecule has 0 aromatic rings. The molecule has 2 atom stereocenters. The van der Waals surface area contributed by atoms with Gasteiger partial charge in [-0.25, -0.2) is 0 Å². The molecule has 0 spiro atoms. The number of esters is 1. The van der Waals surface area contributed by atoms with E-state index in [1.54, 1.807) is 0 Å². The van der Waals surface area contributed by atoms with Crippen LogP contribution in [0, 0.1) is 23.7 Å². The first-order valence-electron chi connectivity index (χ1n) is 5.46. The minimum absolute atomic E-state index is 0.0301. The van der Waals surface area contributed by atoms with Crippen LogP contribution < -0.4 is 0 Å². The molecule has 0 aromatic carbocycles. The molecule has 0 amide bonds. The molecule has 3 nitrogen and oxygen atoms in total. The van der Waals surface area contributed by atoms with Gasteiger partial charge < -0.3 is 9.84 Å². The monoisotopic (exact) mass is 198 g/mol. The van der Waals surface area contributed by atoms with Crippen LogP contribution >= 0.6 is 0 Å². The van der Waals surface area contributed by atoms with Crippen molar-refractivity contribution in [2.75, 3.05) is 13.7 Å². The minimum Gasteiger partial charge on any atom is -0.469 e. The molecule has 2 unspecified atom stereocenters. The van der Waals surface area contributed by atoms with Crippen LogP contribution in [0.15, 0.2) is 0 Å². The second-order valence-electron chi connectivity index (χ2n) is 4.57. The highest BCUT2D eigenvalue weighted by atomic mass is 16.5. The minimum atomic E-state index is -0.113. The van der Waals surface area contributed by atoms with E-state index in [1.807, 2.05) is 0 Å². The SMILES string of the molecule is COC(=O)C1C2CCC(CC2)C1CO. The van der Waals surface area contributed by atoms with Crippen LogP contribution in [0.5, 0.6) is 0 Å². The van der Waals surface area contributed by atoms with E-state index in [0.717, 1.165) is 12.8 Å². The van der Waals surface area contributed by atoms with Crippen LogP contribution in [0.25, 0.3) is 0 Å². The van der Waals surface area contributed by atoms with Gasteiger partial charge in [0.15, 0.2) is 0 Å². The molecule has 0 aromatic heterocycles. The van der Waals surface area contributed by atoms with Crippen LogP contribution in [0.4, 0.5) is 0 Å². The van der Waals surface area contributed by atoms with Crippen molar-refractivity contribution >= 4 is 5.97 Å². The molecule has 0 radical (unpaired) electrons. The highest BCUT2D eigenvalue weighted by molar-refractivity contribution is 5.73. The third-order valence-corrected chi connectivity index (χ3v) is 4.08. The number of fused-ring (bicyclic) bond motifs is 3. The average Bonchev–Trinajstić information content (AvgIpc) is 2.28. The number of aliphatic hydroxyl groups excluding tert-OH is 1. The molecule has 0 saturated heterocycles. The van der Waals surface area contributed by atoms with Gasteiger partial charge >= 0.3 is 5.97 Å². The Labute approximate surface area is 84.4 Å². The zero-order chi connectivity index (χ0) is 10.1. The summed E-state index contributed by atoms with van der Waals surface area (Å²) in [4.78, 5) is 11.6. The van der Waals surface area contributed by atoms with Gasteiger partial charge in [-0.3, -0.25) is 4.79 Å². The lowest BCUT2D eigenvalue weighted by Gasteiger charge is -2.46. The standard InChI is InChI=1S/C11H18O3/c1-14-11(13)10-8-4-2-7(3-5-8)9(10)6-12/h7-10,12H,2-6H2,1H3. The van der Waals surface area contributed by atoms with Crippen LogP contribution in [0.3, 0.4) is 0 Å². The van der Waals surface area contributed by atoms with Crippen molar-refractivity contribution in [3.63, 3.8) is 0 Å². The molecule has 80 valence electrons. The average molecular weight is 198 g/mol. The van der Waals surface area contributed by atoms with Gasteiger partial charge in [0.05, 0.1) is 13.0 Å². The van der Waals surface area contributed by atoms with E-state index in [4.69, 9.17) is 4.74 Å². The lowest BCUT2D eigenvalue weighted by Crippen LogP contribution is -2.45. The lowest BCUT2D eigenvalue weighted by molar-refractivity contribution is -0.157. The van der Waals surface area contributed by atoms with Gasteiger partial charge in [0.25, 0.3) is 0 Å². The molecule has 3 fully saturated rings. The van der Waals surface area contributed by atoms with E-state index in [2.05, 4.69) is 0 Å². The zero-order valence-electron chi connectivity index (χ0n) is 8.61. The molecular formula is C11H18O3. The third-order valence-electron chi connectivity index (χ3n) is 4.08. The molecule has 0 aliphatic heterocycles. The first-order chi connectivity index (χ1) is 6.77. The number of methoxy groups -OCH3 is 1. The summed E-state index contributed by atoms with van der Waals surface area (Å²) in [5, 5.41) is 9.32. The maximum absolute atomic E-state index is 11.6. The quantitative estimate of drug-likeness (QED) is 0.678. The van der Waals surface area contributed by atoms with Crippen molar-refractivity contribution in [3.05, 3.63) is 0 Å². The second kappa shape index (κ2) is 3.89. The summed E-state index contributed by atoms with van der Waals surface area (Å²) in [6, 6.07) is 0. The Balaban J connectivity index is 2.16. The largest absolute Gasteiger partial charge is 0.469 e. The van der Waals surface area contributed by atoms with Gasteiger partial charge in [0.1, 0.15) is 0 Å². The van der Waals surface area contributed by atoms with Gasteiger partial charge in [-0.05, 0) is 43.4 Å². The summed E-state index contributed by atoms with van der Waals surface area (Å²) in [5.74, 6) is 1.03. The van der Waals surface area contributed by atoms with Crippen molar-refractivity contribution in [2.45, 2.75) is 25.7 Å². The summed E-state index contributed by atoms with van der Waals surface area (Å²) < 4.78 is 4.82. The molecule has 0 heterocycles. The smallest absolute Gasteiger partial charge is 0.309 e. The first-order valence-corrected chi connectivity index (χ1v) is 5.46. The molecule has 2 bridgehead atoms. The van der Waals surface area contributed by atoms with Crippen molar-refractivity contribution in [1.29, 1.82) is 0 Å². The number of hydrogen-bond acceptors (Lipinski definition) is 3. The Morgan fingerprint density at radius 1 is 1.29 bits per heavy atom. The Morgan fingerprint density at radius 3 is 2.36 bits per heavy atom. The maximum Gasteiger partial charge on any atom is 0.309 e. The predicted molar refractivity (Wildman–Crippen MR) is 51.5 cm³/mol. The molecule has 3 rings (SSSR count). The number of rotatable bonds is 2. The fourth-order valence-corrected chi connectivity index (χ4v) is 3.34. The molecule has 14 heavy (non-hydrogen) atoms. The predicted octanol–water partition coefficient (Wildman–Crippen LogP) is 1.20. The molecule has 3 aliphatic carbocycles. The van der Waals surface area contributed by atoms with E-state index in [9.17, 15) is 9.90 Å². The summed E-state index contributed by atoms with van der Waals surface area (Å²) in [5.41, 5.74) is 0. The number of ether oxygens (including phenoxy) is 1. The number of carbonyl (C=O) groups is 1. The molecule has 3 saturated carbocycles. The number of aliphatic hydroxyl groups is 1. The van der Waals surface area contributed by atoms with Gasteiger partial charge in [-0.15, -0.1) is 0 Å². The van der Waals surface area contributed by atoms with Gasteiger partial charge in [0.2, 0.25) is 0 Å². The van der Waals surface area contributed by atoms with Crippen molar-refractivity contribution in [3.8, 4) is 0 Å². The van der Waals surface area contributed by atoms with Crippen LogP contribution in [0.1, 0.15) is 25.7 Å². The highest BCUT2D eigenvalue weighted by Crippen LogP contribution is 2.48. The van der Waals surface area contributed by atoms with Crippen molar-refractivity contribution < 1.29 is 14.6 Å². The number of carbonyl (C=O) groups excluding carboxylic acids is 1. The van der Waals surface area contributed by atoms with Crippen molar-refractivity contribution in [2.24, 2.45) is 23.7 Å². The van der Waals surface area contributed by atoms with E-state index in [-0.39, 0.29) is 24.4 Å². The summed E-state index contributed by atoms with van der Waals surface area (Å²) in [6.07, 6.45) is 4.65. The van der Waals surface area contributed by atoms with E-state index in [1.165, 1.54) is 20.0 Å². The van der Waals surface area contributed by atoms with Crippen LogP contribution in [-0.4, -0.2) is 24.8 Å². The molecule has 1 N–H and O–H groups in total. The fourth-order valence-electron chi connectivity index (χ4n) is 3.34. The highest BCUT2D eigenvalue weighted by Gasteiger charge is 2.47. The Bertz CT molecular complexity index is 219.